The second kappa shape index (κ2) is 9.97. The number of hydrogen-bond donors (Lipinski definition) is 1. The molecule has 9 heteroatoms. The normalized spacial score (nSPS) is 11.3. The summed E-state index contributed by atoms with van der Waals surface area (Å²) in [6.07, 6.45) is 4.21. The van der Waals surface area contributed by atoms with E-state index in [4.69, 9.17) is 11.6 Å². The number of halogens is 2. The van der Waals surface area contributed by atoms with Crippen molar-refractivity contribution < 1.29 is 0 Å². The SMILES string of the molecule is Clc1cccc(Cn2cnnc2CN(CCc2ccc(Br)cc2)Cc2ncn[nH]2)c1. The van der Waals surface area contributed by atoms with E-state index in [-0.39, 0.29) is 0 Å². The van der Waals surface area contributed by atoms with Crippen molar-refractivity contribution in [2.45, 2.75) is 26.1 Å². The molecule has 154 valence electrons. The fourth-order valence-corrected chi connectivity index (χ4v) is 3.71. The van der Waals surface area contributed by atoms with Gasteiger partial charge in [-0.2, -0.15) is 5.10 Å². The highest BCUT2D eigenvalue weighted by atomic mass is 79.9. The van der Waals surface area contributed by atoms with Crippen LogP contribution in [0.4, 0.5) is 0 Å². The first-order valence-corrected chi connectivity index (χ1v) is 10.7. The molecule has 0 bridgehead atoms. The zero-order valence-corrected chi connectivity index (χ0v) is 18.6. The molecule has 1 N–H and O–H groups in total. The van der Waals surface area contributed by atoms with Crippen molar-refractivity contribution in [1.82, 2.24) is 34.8 Å². The Balaban J connectivity index is 1.47. The number of nitrogens with zero attached hydrogens (tertiary/aromatic N) is 6. The maximum absolute atomic E-state index is 6.13. The Labute approximate surface area is 188 Å². The third kappa shape index (κ3) is 5.75. The van der Waals surface area contributed by atoms with Crippen LogP contribution in [0.5, 0.6) is 0 Å². The van der Waals surface area contributed by atoms with E-state index in [1.54, 1.807) is 6.33 Å². The molecule has 0 atom stereocenters. The average molecular weight is 487 g/mol. The van der Waals surface area contributed by atoms with Crippen LogP contribution in [-0.2, 0) is 26.1 Å². The van der Waals surface area contributed by atoms with E-state index in [2.05, 4.69) is 81.1 Å². The predicted molar refractivity (Wildman–Crippen MR) is 119 cm³/mol. The zero-order chi connectivity index (χ0) is 20.8. The fourth-order valence-electron chi connectivity index (χ4n) is 3.24. The highest BCUT2D eigenvalue weighted by Gasteiger charge is 2.14. The van der Waals surface area contributed by atoms with Gasteiger partial charge in [0.25, 0.3) is 0 Å². The van der Waals surface area contributed by atoms with Gasteiger partial charge in [0, 0.05) is 16.0 Å². The van der Waals surface area contributed by atoms with Crippen molar-refractivity contribution in [3.05, 3.63) is 93.5 Å². The molecule has 2 aromatic heterocycles. The Hall–Kier alpha value is -2.55. The standard InChI is InChI=1S/C21H21BrClN7/c22-18-6-4-16(5-7-18)8-9-29(12-20-24-14-25-27-20)13-21-28-26-15-30(21)11-17-2-1-3-19(23)10-17/h1-7,10,14-15H,8-9,11-13H2,(H,24,25,27). The van der Waals surface area contributed by atoms with E-state index in [0.29, 0.717) is 19.6 Å². The maximum atomic E-state index is 6.13. The lowest BCUT2D eigenvalue weighted by atomic mass is 10.1. The van der Waals surface area contributed by atoms with Crippen LogP contribution >= 0.6 is 27.5 Å². The lowest BCUT2D eigenvalue weighted by Crippen LogP contribution is -2.27. The summed E-state index contributed by atoms with van der Waals surface area (Å²) < 4.78 is 3.14. The fraction of sp³-hybridized carbons (Fsp3) is 0.238. The van der Waals surface area contributed by atoms with E-state index >= 15 is 0 Å². The van der Waals surface area contributed by atoms with Crippen LogP contribution < -0.4 is 0 Å². The van der Waals surface area contributed by atoms with Gasteiger partial charge in [0.05, 0.1) is 19.6 Å². The maximum Gasteiger partial charge on any atom is 0.147 e. The molecule has 0 aliphatic rings. The minimum Gasteiger partial charge on any atom is -0.312 e. The van der Waals surface area contributed by atoms with Crippen LogP contribution in [0.1, 0.15) is 22.8 Å². The molecule has 4 rings (SSSR count). The molecule has 4 aromatic rings. The third-order valence-electron chi connectivity index (χ3n) is 4.77. The molecule has 7 nitrogen and oxygen atoms in total. The average Bonchev–Trinajstić information content (AvgIpc) is 3.40. The summed E-state index contributed by atoms with van der Waals surface area (Å²) in [6.45, 7) is 2.83. The summed E-state index contributed by atoms with van der Waals surface area (Å²) in [6, 6.07) is 16.3. The van der Waals surface area contributed by atoms with Gasteiger partial charge in [-0.1, -0.05) is 51.8 Å². The van der Waals surface area contributed by atoms with E-state index in [0.717, 1.165) is 39.7 Å². The lowest BCUT2D eigenvalue weighted by molar-refractivity contribution is 0.244. The van der Waals surface area contributed by atoms with Gasteiger partial charge >= 0.3 is 0 Å². The molecule has 0 radical (unpaired) electrons. The summed E-state index contributed by atoms with van der Waals surface area (Å²) in [5.74, 6) is 1.72. The molecular weight excluding hydrogens is 466 g/mol. The van der Waals surface area contributed by atoms with Gasteiger partial charge in [-0.25, -0.2) is 4.98 Å². The van der Waals surface area contributed by atoms with Crippen molar-refractivity contribution in [2.24, 2.45) is 0 Å². The number of nitrogens with one attached hydrogen (secondary N) is 1. The summed E-state index contributed by atoms with van der Waals surface area (Å²) in [7, 11) is 0. The molecule has 0 saturated heterocycles. The van der Waals surface area contributed by atoms with E-state index in [1.807, 2.05) is 18.2 Å². The third-order valence-corrected chi connectivity index (χ3v) is 5.53. The molecule has 2 heterocycles. The molecule has 0 saturated carbocycles. The smallest absolute Gasteiger partial charge is 0.147 e. The van der Waals surface area contributed by atoms with E-state index in [9.17, 15) is 0 Å². The second-order valence-electron chi connectivity index (χ2n) is 7.02. The number of rotatable bonds is 9. The van der Waals surface area contributed by atoms with Crippen LogP contribution in [0.25, 0.3) is 0 Å². The monoisotopic (exact) mass is 485 g/mol. The van der Waals surface area contributed by atoms with Crippen molar-refractivity contribution in [3.63, 3.8) is 0 Å². The number of aromatic nitrogens is 6. The van der Waals surface area contributed by atoms with Gasteiger partial charge in [-0.3, -0.25) is 10.00 Å². The molecule has 0 unspecified atom stereocenters. The van der Waals surface area contributed by atoms with Crippen LogP contribution in [-0.4, -0.2) is 41.4 Å². The predicted octanol–water partition coefficient (Wildman–Crippen LogP) is 4.11. The number of aromatic amines is 1. The molecule has 2 aromatic carbocycles. The van der Waals surface area contributed by atoms with Crippen LogP contribution in [0, 0.1) is 0 Å². The largest absolute Gasteiger partial charge is 0.312 e. The Kier molecular flexibility index (Phi) is 6.88. The molecule has 30 heavy (non-hydrogen) atoms. The number of H-pyrrole nitrogens is 1. The van der Waals surface area contributed by atoms with Gasteiger partial charge in [-0.05, 0) is 41.8 Å². The van der Waals surface area contributed by atoms with Crippen LogP contribution in [0.15, 0.2) is 65.7 Å². The van der Waals surface area contributed by atoms with Crippen molar-refractivity contribution >= 4 is 27.5 Å². The first kappa shape index (κ1) is 20.7. The minimum atomic E-state index is 0.651. The van der Waals surface area contributed by atoms with Gasteiger partial charge in [0.1, 0.15) is 24.3 Å². The highest BCUT2D eigenvalue weighted by Crippen LogP contribution is 2.15. The van der Waals surface area contributed by atoms with Crippen LogP contribution in [0.2, 0.25) is 5.02 Å². The number of benzene rings is 2. The van der Waals surface area contributed by atoms with E-state index in [1.165, 1.54) is 11.9 Å². The van der Waals surface area contributed by atoms with Gasteiger partial charge in [-0.15, -0.1) is 10.2 Å². The Morgan fingerprint density at radius 2 is 1.93 bits per heavy atom. The van der Waals surface area contributed by atoms with Crippen LogP contribution in [0.3, 0.4) is 0 Å². The first-order chi connectivity index (χ1) is 14.7. The second-order valence-corrected chi connectivity index (χ2v) is 8.38. The zero-order valence-electron chi connectivity index (χ0n) is 16.2. The molecule has 0 aliphatic carbocycles. The topological polar surface area (TPSA) is 75.5 Å². The van der Waals surface area contributed by atoms with Gasteiger partial charge < -0.3 is 4.57 Å². The molecular formula is C21H21BrClN7. The number of hydrogen-bond acceptors (Lipinski definition) is 5. The Bertz CT molecular complexity index is 1060. The van der Waals surface area contributed by atoms with Crippen molar-refractivity contribution in [2.75, 3.05) is 6.54 Å². The lowest BCUT2D eigenvalue weighted by Gasteiger charge is -2.21. The molecule has 0 spiro atoms. The molecule has 0 amide bonds. The van der Waals surface area contributed by atoms with Gasteiger partial charge in [0.2, 0.25) is 0 Å². The van der Waals surface area contributed by atoms with Crippen molar-refractivity contribution in [3.8, 4) is 0 Å². The van der Waals surface area contributed by atoms with Crippen molar-refractivity contribution in [1.29, 1.82) is 0 Å². The first-order valence-electron chi connectivity index (χ1n) is 9.58. The highest BCUT2D eigenvalue weighted by molar-refractivity contribution is 9.10. The summed E-state index contributed by atoms with van der Waals surface area (Å²) in [5, 5.41) is 16.1. The quantitative estimate of drug-likeness (QED) is 0.385. The molecule has 0 fully saturated rings. The minimum absolute atomic E-state index is 0.651. The summed E-state index contributed by atoms with van der Waals surface area (Å²) >= 11 is 9.62. The summed E-state index contributed by atoms with van der Waals surface area (Å²) in [5.41, 5.74) is 2.39. The Morgan fingerprint density at radius 1 is 1.07 bits per heavy atom. The summed E-state index contributed by atoms with van der Waals surface area (Å²) in [4.78, 5) is 6.57. The van der Waals surface area contributed by atoms with E-state index < -0.39 is 0 Å². The Morgan fingerprint density at radius 3 is 2.70 bits per heavy atom. The van der Waals surface area contributed by atoms with Gasteiger partial charge in [0.15, 0.2) is 0 Å². The molecule has 0 aliphatic heterocycles.